The van der Waals surface area contributed by atoms with Gasteiger partial charge in [0.2, 0.25) is 5.95 Å². The van der Waals surface area contributed by atoms with Gasteiger partial charge in [-0.25, -0.2) is 9.78 Å². The molecule has 4 atom stereocenters. The zero-order valence-corrected chi connectivity index (χ0v) is 20.9. The molecule has 13 heteroatoms. The number of hydrogen-bond donors (Lipinski definition) is 5. The SMILES string of the molecule is CC(C)(C)OC(=O)COc1ccc(CCNc2nc(N)c3ncn([C@@H]4O[C@H](CO)C(O)C4O)c3n2)cc1. The fourth-order valence-corrected chi connectivity index (χ4v) is 3.90. The number of nitrogen functional groups attached to an aromatic ring is 1. The number of carbonyl (C=O) groups excluding carboxylic acids is 1. The van der Waals surface area contributed by atoms with Crippen LogP contribution in [0, 0.1) is 0 Å². The van der Waals surface area contributed by atoms with Gasteiger partial charge in [0.15, 0.2) is 24.3 Å². The van der Waals surface area contributed by atoms with Gasteiger partial charge in [0.1, 0.15) is 35.2 Å². The largest absolute Gasteiger partial charge is 0.482 e. The molecule has 0 aliphatic carbocycles. The lowest BCUT2D eigenvalue weighted by Crippen LogP contribution is -2.33. The predicted molar refractivity (Wildman–Crippen MR) is 133 cm³/mol. The molecule has 0 radical (unpaired) electrons. The summed E-state index contributed by atoms with van der Waals surface area (Å²) in [7, 11) is 0. The number of nitrogens with zero attached hydrogens (tertiary/aromatic N) is 4. The van der Waals surface area contributed by atoms with E-state index in [1.807, 2.05) is 12.1 Å². The number of aliphatic hydroxyl groups is 3. The van der Waals surface area contributed by atoms with Gasteiger partial charge in [-0.1, -0.05) is 12.1 Å². The van der Waals surface area contributed by atoms with Crippen LogP contribution < -0.4 is 15.8 Å². The van der Waals surface area contributed by atoms with Crippen LogP contribution in [0.5, 0.6) is 5.75 Å². The first-order valence-corrected chi connectivity index (χ1v) is 11.9. The average molecular weight is 517 g/mol. The van der Waals surface area contributed by atoms with Gasteiger partial charge < -0.3 is 40.6 Å². The molecule has 6 N–H and O–H groups in total. The van der Waals surface area contributed by atoms with Crippen molar-refractivity contribution in [2.24, 2.45) is 0 Å². The van der Waals surface area contributed by atoms with Crippen LogP contribution in [0.4, 0.5) is 11.8 Å². The Morgan fingerprint density at radius 2 is 1.92 bits per heavy atom. The second kappa shape index (κ2) is 10.8. The van der Waals surface area contributed by atoms with Gasteiger partial charge in [-0.15, -0.1) is 0 Å². The third-order valence-corrected chi connectivity index (χ3v) is 5.64. The van der Waals surface area contributed by atoms with E-state index in [0.717, 1.165) is 5.56 Å². The van der Waals surface area contributed by atoms with E-state index in [1.165, 1.54) is 10.9 Å². The van der Waals surface area contributed by atoms with Crippen molar-refractivity contribution in [3.8, 4) is 5.75 Å². The van der Waals surface area contributed by atoms with E-state index >= 15 is 0 Å². The van der Waals surface area contributed by atoms with E-state index in [0.29, 0.717) is 29.9 Å². The maximum Gasteiger partial charge on any atom is 0.344 e. The molecule has 3 aromatic rings. The lowest BCUT2D eigenvalue weighted by molar-refractivity contribution is -0.157. The number of hydrogen-bond acceptors (Lipinski definition) is 12. The van der Waals surface area contributed by atoms with Crippen molar-refractivity contribution in [1.82, 2.24) is 19.5 Å². The summed E-state index contributed by atoms with van der Waals surface area (Å²) < 4.78 is 17.7. The standard InChI is InChI=1S/C24H32N6O7/c1-24(2,3)37-16(32)11-35-14-6-4-13(5-7-14)8-9-26-23-28-20(25)17-21(29-23)30(12-27-17)22-19(34)18(33)15(10-31)36-22/h4-7,12,15,18-19,22,31,33-34H,8-11H2,1-3H3,(H3,25,26,28,29)/t15-,18?,19?,22-/m1/s1. The molecule has 1 saturated heterocycles. The highest BCUT2D eigenvalue weighted by Gasteiger charge is 2.44. The molecule has 4 rings (SSSR count). The number of imidazole rings is 1. The Morgan fingerprint density at radius 3 is 2.57 bits per heavy atom. The van der Waals surface area contributed by atoms with Gasteiger partial charge in [-0.2, -0.15) is 9.97 Å². The minimum atomic E-state index is -1.28. The Morgan fingerprint density at radius 1 is 1.19 bits per heavy atom. The number of esters is 1. The van der Waals surface area contributed by atoms with Gasteiger partial charge >= 0.3 is 5.97 Å². The third kappa shape index (κ3) is 6.25. The van der Waals surface area contributed by atoms with Crippen molar-refractivity contribution in [2.45, 2.75) is 57.3 Å². The number of aromatic nitrogens is 4. The highest BCUT2D eigenvalue weighted by Crippen LogP contribution is 2.32. The van der Waals surface area contributed by atoms with Crippen LogP contribution in [0.2, 0.25) is 0 Å². The number of fused-ring (bicyclic) bond motifs is 1. The summed E-state index contributed by atoms with van der Waals surface area (Å²) in [6.07, 6.45) is -2.41. The lowest BCUT2D eigenvalue weighted by atomic mass is 10.1. The van der Waals surface area contributed by atoms with Crippen LogP contribution >= 0.6 is 0 Å². The summed E-state index contributed by atoms with van der Waals surface area (Å²) in [5, 5.41) is 32.9. The number of anilines is 2. The molecule has 1 aliphatic heterocycles. The predicted octanol–water partition coefficient (Wildman–Crippen LogP) is 0.395. The van der Waals surface area contributed by atoms with E-state index in [4.69, 9.17) is 19.9 Å². The van der Waals surface area contributed by atoms with Gasteiger partial charge in [0, 0.05) is 6.54 Å². The van der Waals surface area contributed by atoms with E-state index in [9.17, 15) is 20.1 Å². The molecule has 1 fully saturated rings. The van der Waals surface area contributed by atoms with Crippen LogP contribution in [0.15, 0.2) is 30.6 Å². The smallest absolute Gasteiger partial charge is 0.344 e. The summed E-state index contributed by atoms with van der Waals surface area (Å²) in [5.41, 5.74) is 7.16. The molecule has 2 aromatic heterocycles. The molecule has 37 heavy (non-hydrogen) atoms. The Balaban J connectivity index is 1.35. The minimum Gasteiger partial charge on any atom is -0.482 e. The van der Waals surface area contributed by atoms with Crippen molar-refractivity contribution in [3.63, 3.8) is 0 Å². The van der Waals surface area contributed by atoms with E-state index in [2.05, 4.69) is 20.3 Å². The summed E-state index contributed by atoms with van der Waals surface area (Å²) in [5.74, 6) is 0.527. The van der Waals surface area contributed by atoms with Crippen molar-refractivity contribution >= 4 is 28.9 Å². The Kier molecular flexibility index (Phi) is 7.78. The van der Waals surface area contributed by atoms with Crippen LogP contribution in [-0.4, -0.2) is 84.5 Å². The highest BCUT2D eigenvalue weighted by molar-refractivity contribution is 5.83. The summed E-state index contributed by atoms with van der Waals surface area (Å²) in [4.78, 5) is 24.7. The normalized spacial score (nSPS) is 21.8. The molecule has 0 spiro atoms. The average Bonchev–Trinajstić information content (AvgIpc) is 3.38. The van der Waals surface area contributed by atoms with Gasteiger partial charge in [-0.05, 0) is 44.9 Å². The zero-order valence-electron chi connectivity index (χ0n) is 20.9. The summed E-state index contributed by atoms with van der Waals surface area (Å²) in [6.45, 7) is 5.28. The van der Waals surface area contributed by atoms with Crippen molar-refractivity contribution in [1.29, 1.82) is 0 Å². The quantitative estimate of drug-likeness (QED) is 0.247. The van der Waals surface area contributed by atoms with E-state index < -0.39 is 42.7 Å². The van der Waals surface area contributed by atoms with Gasteiger partial charge in [-0.3, -0.25) is 4.57 Å². The van der Waals surface area contributed by atoms with Crippen LogP contribution in [0.3, 0.4) is 0 Å². The van der Waals surface area contributed by atoms with E-state index in [1.54, 1.807) is 32.9 Å². The van der Waals surface area contributed by atoms with E-state index in [-0.39, 0.29) is 18.4 Å². The molecule has 13 nitrogen and oxygen atoms in total. The Bertz CT molecular complexity index is 1230. The Hall–Kier alpha value is -3.52. The number of rotatable bonds is 9. The first kappa shape index (κ1) is 26.5. The topological polar surface area (TPSA) is 187 Å². The monoisotopic (exact) mass is 516 g/mol. The maximum atomic E-state index is 11.8. The number of aliphatic hydroxyl groups excluding tert-OH is 3. The highest BCUT2D eigenvalue weighted by atomic mass is 16.6. The van der Waals surface area contributed by atoms with Gasteiger partial charge in [0.25, 0.3) is 0 Å². The summed E-state index contributed by atoms with van der Waals surface area (Å²) >= 11 is 0. The minimum absolute atomic E-state index is 0.143. The molecule has 1 aliphatic rings. The molecule has 2 unspecified atom stereocenters. The molecule has 0 amide bonds. The van der Waals surface area contributed by atoms with Crippen LogP contribution in [-0.2, 0) is 20.7 Å². The fraction of sp³-hybridized carbons (Fsp3) is 0.500. The van der Waals surface area contributed by atoms with Crippen LogP contribution in [0.1, 0.15) is 32.6 Å². The first-order chi connectivity index (χ1) is 17.6. The fourth-order valence-electron chi connectivity index (χ4n) is 3.90. The zero-order chi connectivity index (χ0) is 26.7. The number of carbonyl (C=O) groups is 1. The number of benzene rings is 1. The second-order valence-corrected chi connectivity index (χ2v) is 9.68. The molecular weight excluding hydrogens is 484 g/mol. The van der Waals surface area contributed by atoms with Crippen molar-refractivity contribution < 1.29 is 34.3 Å². The van der Waals surface area contributed by atoms with Crippen molar-refractivity contribution in [3.05, 3.63) is 36.2 Å². The third-order valence-electron chi connectivity index (χ3n) is 5.64. The van der Waals surface area contributed by atoms with Crippen molar-refractivity contribution in [2.75, 3.05) is 30.8 Å². The number of ether oxygens (including phenoxy) is 3. The Labute approximate surface area is 213 Å². The maximum absolute atomic E-state index is 11.8. The molecule has 200 valence electrons. The van der Waals surface area contributed by atoms with Gasteiger partial charge in [0.05, 0.1) is 12.9 Å². The molecule has 0 bridgehead atoms. The molecule has 3 heterocycles. The number of nitrogens with one attached hydrogen (secondary N) is 1. The lowest BCUT2D eigenvalue weighted by Gasteiger charge is -2.19. The molecule has 1 aromatic carbocycles. The molecular formula is C24H32N6O7. The first-order valence-electron chi connectivity index (χ1n) is 11.9. The second-order valence-electron chi connectivity index (χ2n) is 9.68. The van der Waals surface area contributed by atoms with Crippen LogP contribution in [0.25, 0.3) is 11.2 Å². The summed E-state index contributed by atoms with van der Waals surface area (Å²) in [6, 6.07) is 7.34. The molecule has 0 saturated carbocycles. The number of nitrogens with two attached hydrogens (primary N) is 1.